The molecule has 31 heavy (non-hydrogen) atoms. The monoisotopic (exact) mass is 497 g/mol. The Balaban J connectivity index is 1.71. The first-order valence-electron chi connectivity index (χ1n) is 9.76. The van der Waals surface area contributed by atoms with Crippen molar-refractivity contribution in [2.24, 2.45) is 0 Å². The van der Waals surface area contributed by atoms with Crippen molar-refractivity contribution in [1.29, 1.82) is 0 Å². The van der Waals surface area contributed by atoms with E-state index in [1.54, 1.807) is 25.4 Å². The third-order valence-corrected chi connectivity index (χ3v) is 6.25. The van der Waals surface area contributed by atoms with Gasteiger partial charge in [-0.1, -0.05) is 45.4 Å². The van der Waals surface area contributed by atoms with Gasteiger partial charge < -0.3 is 10.2 Å². The van der Waals surface area contributed by atoms with Crippen LogP contribution in [-0.4, -0.2) is 35.3 Å². The number of nitrogens with one attached hydrogen (secondary N) is 1. The first kappa shape index (κ1) is 23.0. The average molecular weight is 498 g/mol. The second-order valence-corrected chi connectivity index (χ2v) is 9.37. The minimum absolute atomic E-state index is 0.0527. The molecule has 0 fully saturated rings. The fraction of sp³-hybridized carbons (Fsp3) is 0.208. The lowest BCUT2D eigenvalue weighted by Gasteiger charge is -2.19. The molecule has 0 saturated heterocycles. The van der Waals surface area contributed by atoms with E-state index in [9.17, 15) is 9.59 Å². The molecule has 2 aromatic carbocycles. The molecule has 7 heteroatoms. The van der Waals surface area contributed by atoms with Gasteiger partial charge in [0.15, 0.2) is 0 Å². The molecule has 1 aromatic heterocycles. The zero-order valence-corrected chi connectivity index (χ0v) is 20.3. The van der Waals surface area contributed by atoms with Crippen LogP contribution in [0.3, 0.4) is 0 Å². The molecule has 0 aliphatic carbocycles. The summed E-state index contributed by atoms with van der Waals surface area (Å²) in [6, 6.07) is 15.3. The van der Waals surface area contributed by atoms with Crippen LogP contribution < -0.4 is 5.32 Å². The van der Waals surface area contributed by atoms with Gasteiger partial charge >= 0.3 is 0 Å². The standard InChI is InChI=1S/C24H24BrN3O2S/c1-15-12-16(2)22(17(3)13-15)27-21(29)14-28(4)24(30)20-6-5-11-26-23(20)31-19-9-7-18(25)8-10-19/h5-13H,14H2,1-4H3,(H,27,29). The smallest absolute Gasteiger partial charge is 0.256 e. The number of likely N-dealkylation sites (N-methyl/N-ethyl adjacent to an activating group) is 1. The van der Waals surface area contributed by atoms with Crippen molar-refractivity contribution in [2.45, 2.75) is 30.7 Å². The van der Waals surface area contributed by atoms with Crippen LogP contribution in [0.4, 0.5) is 5.69 Å². The Kier molecular flexibility index (Phi) is 7.51. The number of nitrogens with zero attached hydrogens (tertiary/aromatic N) is 2. The number of aryl methyl sites for hydroxylation is 3. The van der Waals surface area contributed by atoms with Gasteiger partial charge in [-0.25, -0.2) is 4.98 Å². The van der Waals surface area contributed by atoms with Crippen molar-refractivity contribution in [2.75, 3.05) is 18.9 Å². The molecule has 0 atom stereocenters. The molecule has 1 heterocycles. The zero-order chi connectivity index (χ0) is 22.5. The maximum Gasteiger partial charge on any atom is 0.256 e. The highest BCUT2D eigenvalue weighted by Crippen LogP contribution is 2.30. The molecule has 3 aromatic rings. The van der Waals surface area contributed by atoms with Crippen molar-refractivity contribution in [3.8, 4) is 0 Å². The number of anilines is 1. The summed E-state index contributed by atoms with van der Waals surface area (Å²) in [4.78, 5) is 32.5. The van der Waals surface area contributed by atoms with E-state index in [0.717, 1.165) is 31.7 Å². The van der Waals surface area contributed by atoms with Gasteiger partial charge in [-0.2, -0.15) is 0 Å². The van der Waals surface area contributed by atoms with Crippen LogP contribution in [0.5, 0.6) is 0 Å². The van der Waals surface area contributed by atoms with E-state index in [1.807, 2.05) is 57.2 Å². The normalized spacial score (nSPS) is 10.6. The van der Waals surface area contributed by atoms with Gasteiger partial charge in [0.1, 0.15) is 5.03 Å². The minimum Gasteiger partial charge on any atom is -0.332 e. The SMILES string of the molecule is Cc1cc(C)c(NC(=O)CN(C)C(=O)c2cccnc2Sc2ccc(Br)cc2)c(C)c1. The van der Waals surface area contributed by atoms with Crippen LogP contribution in [0, 0.1) is 20.8 Å². The quantitative estimate of drug-likeness (QED) is 0.479. The zero-order valence-electron chi connectivity index (χ0n) is 17.9. The molecule has 2 amide bonds. The van der Waals surface area contributed by atoms with E-state index in [-0.39, 0.29) is 18.4 Å². The van der Waals surface area contributed by atoms with E-state index in [1.165, 1.54) is 16.7 Å². The van der Waals surface area contributed by atoms with Crippen LogP contribution >= 0.6 is 27.7 Å². The van der Waals surface area contributed by atoms with Crippen molar-refractivity contribution < 1.29 is 9.59 Å². The van der Waals surface area contributed by atoms with E-state index >= 15 is 0 Å². The Hall–Kier alpha value is -2.64. The highest BCUT2D eigenvalue weighted by atomic mass is 79.9. The molecule has 0 unspecified atom stereocenters. The second-order valence-electron chi connectivity index (χ2n) is 7.40. The first-order chi connectivity index (χ1) is 14.7. The maximum atomic E-state index is 13.1. The topological polar surface area (TPSA) is 62.3 Å². The molecule has 0 bridgehead atoms. The Morgan fingerprint density at radius 2 is 1.71 bits per heavy atom. The summed E-state index contributed by atoms with van der Waals surface area (Å²) in [6.45, 7) is 5.90. The van der Waals surface area contributed by atoms with Gasteiger partial charge in [-0.3, -0.25) is 9.59 Å². The van der Waals surface area contributed by atoms with Crippen LogP contribution in [0.25, 0.3) is 0 Å². The number of carbonyl (C=O) groups excluding carboxylic acids is 2. The van der Waals surface area contributed by atoms with Crippen LogP contribution in [0.15, 0.2) is 69.1 Å². The lowest BCUT2D eigenvalue weighted by Crippen LogP contribution is -2.35. The summed E-state index contributed by atoms with van der Waals surface area (Å²) >= 11 is 4.84. The van der Waals surface area contributed by atoms with Gasteiger partial charge in [0.25, 0.3) is 5.91 Å². The van der Waals surface area contributed by atoms with Crippen molar-refractivity contribution in [3.05, 3.63) is 81.5 Å². The summed E-state index contributed by atoms with van der Waals surface area (Å²) < 4.78 is 0.985. The highest BCUT2D eigenvalue weighted by molar-refractivity contribution is 9.10. The third kappa shape index (κ3) is 5.95. The Morgan fingerprint density at radius 3 is 2.35 bits per heavy atom. The van der Waals surface area contributed by atoms with E-state index < -0.39 is 0 Å². The number of amides is 2. The van der Waals surface area contributed by atoms with Crippen LogP contribution in [-0.2, 0) is 4.79 Å². The molecule has 0 aliphatic rings. The summed E-state index contributed by atoms with van der Waals surface area (Å²) in [5, 5.41) is 3.55. The Bertz CT molecular complexity index is 1090. The third-order valence-electron chi connectivity index (χ3n) is 4.70. The number of benzene rings is 2. The summed E-state index contributed by atoms with van der Waals surface area (Å²) in [5.74, 6) is -0.489. The number of aromatic nitrogens is 1. The van der Waals surface area contributed by atoms with E-state index in [2.05, 4.69) is 26.2 Å². The molecule has 3 rings (SSSR count). The Morgan fingerprint density at radius 1 is 1.06 bits per heavy atom. The Labute approximate surface area is 195 Å². The average Bonchev–Trinajstić information content (AvgIpc) is 2.72. The largest absolute Gasteiger partial charge is 0.332 e. The van der Waals surface area contributed by atoms with Gasteiger partial charge in [-0.05, 0) is 68.3 Å². The predicted molar refractivity (Wildman–Crippen MR) is 129 cm³/mol. The summed E-state index contributed by atoms with van der Waals surface area (Å²) in [5.41, 5.74) is 4.41. The fourth-order valence-electron chi connectivity index (χ4n) is 3.30. The van der Waals surface area contributed by atoms with Crippen molar-refractivity contribution in [1.82, 2.24) is 9.88 Å². The molecular formula is C24H24BrN3O2S. The lowest BCUT2D eigenvalue weighted by atomic mass is 10.1. The predicted octanol–water partition coefficient (Wildman–Crippen LogP) is 5.63. The molecule has 0 aliphatic heterocycles. The second kappa shape index (κ2) is 10.1. The lowest BCUT2D eigenvalue weighted by molar-refractivity contribution is -0.116. The number of halogens is 1. The fourth-order valence-corrected chi connectivity index (χ4v) is 4.44. The van der Waals surface area contributed by atoms with E-state index in [0.29, 0.717) is 10.6 Å². The molecule has 5 nitrogen and oxygen atoms in total. The molecule has 1 N–H and O–H groups in total. The van der Waals surface area contributed by atoms with E-state index in [4.69, 9.17) is 0 Å². The molecule has 160 valence electrons. The van der Waals surface area contributed by atoms with Gasteiger partial charge in [0.2, 0.25) is 5.91 Å². The van der Waals surface area contributed by atoms with Crippen LogP contribution in [0.2, 0.25) is 0 Å². The highest BCUT2D eigenvalue weighted by Gasteiger charge is 2.20. The van der Waals surface area contributed by atoms with Crippen molar-refractivity contribution >= 4 is 45.2 Å². The number of pyridine rings is 1. The van der Waals surface area contributed by atoms with Gasteiger partial charge in [-0.15, -0.1) is 0 Å². The summed E-state index contributed by atoms with van der Waals surface area (Å²) in [7, 11) is 1.62. The van der Waals surface area contributed by atoms with Crippen LogP contribution in [0.1, 0.15) is 27.0 Å². The first-order valence-corrected chi connectivity index (χ1v) is 11.4. The number of hydrogen-bond donors (Lipinski definition) is 1. The molecule has 0 saturated carbocycles. The molecule has 0 radical (unpaired) electrons. The van der Waals surface area contributed by atoms with Gasteiger partial charge in [0.05, 0.1) is 12.1 Å². The number of hydrogen-bond acceptors (Lipinski definition) is 4. The maximum absolute atomic E-state index is 13.1. The molecular weight excluding hydrogens is 474 g/mol. The number of carbonyl (C=O) groups is 2. The van der Waals surface area contributed by atoms with Gasteiger partial charge in [0, 0.05) is 28.3 Å². The van der Waals surface area contributed by atoms with Crippen molar-refractivity contribution in [3.63, 3.8) is 0 Å². The molecule has 0 spiro atoms. The summed E-state index contributed by atoms with van der Waals surface area (Å²) in [6.07, 6.45) is 1.66. The minimum atomic E-state index is -0.250. The number of rotatable bonds is 6.